The van der Waals surface area contributed by atoms with Gasteiger partial charge in [0.2, 0.25) is 0 Å². The molecular formula is C21H26F3N5. The lowest BCUT2D eigenvalue weighted by Gasteiger charge is -2.43. The van der Waals surface area contributed by atoms with Crippen molar-refractivity contribution in [3.05, 3.63) is 54.0 Å². The molecule has 0 unspecified atom stereocenters. The smallest absolute Gasteiger partial charge is 0.354 e. The Morgan fingerprint density at radius 2 is 1.69 bits per heavy atom. The maximum absolute atomic E-state index is 12.7. The highest BCUT2D eigenvalue weighted by Crippen LogP contribution is 2.29. The lowest BCUT2D eigenvalue weighted by atomic mass is 10.0. The molecule has 2 saturated heterocycles. The fourth-order valence-electron chi connectivity index (χ4n) is 4.25. The number of piperidine rings is 1. The van der Waals surface area contributed by atoms with Gasteiger partial charge in [0.05, 0.1) is 5.56 Å². The molecule has 2 aromatic rings. The van der Waals surface area contributed by atoms with Crippen molar-refractivity contribution >= 4 is 5.82 Å². The Hall–Kier alpha value is -2.19. The van der Waals surface area contributed by atoms with Gasteiger partial charge in [-0.25, -0.2) is 4.98 Å². The van der Waals surface area contributed by atoms with E-state index in [4.69, 9.17) is 0 Å². The molecule has 0 N–H and O–H groups in total. The first kappa shape index (κ1) is 20.1. The van der Waals surface area contributed by atoms with Crippen molar-refractivity contribution in [1.29, 1.82) is 0 Å². The van der Waals surface area contributed by atoms with Crippen LogP contribution in [-0.2, 0) is 12.7 Å². The van der Waals surface area contributed by atoms with Gasteiger partial charge in [0.15, 0.2) is 0 Å². The minimum Gasteiger partial charge on any atom is -0.354 e. The molecule has 2 fully saturated rings. The third-order valence-corrected chi connectivity index (χ3v) is 5.92. The summed E-state index contributed by atoms with van der Waals surface area (Å²) in [6.45, 7) is 6.57. The predicted molar refractivity (Wildman–Crippen MR) is 106 cm³/mol. The topological polar surface area (TPSA) is 35.5 Å². The van der Waals surface area contributed by atoms with Gasteiger partial charge in [-0.1, -0.05) is 6.07 Å². The Labute approximate surface area is 169 Å². The summed E-state index contributed by atoms with van der Waals surface area (Å²) in [5.41, 5.74) is 0.557. The monoisotopic (exact) mass is 405 g/mol. The highest BCUT2D eigenvalue weighted by atomic mass is 19.4. The van der Waals surface area contributed by atoms with Crippen LogP contribution in [0, 0.1) is 0 Å². The number of nitrogens with zero attached hydrogens (tertiary/aromatic N) is 5. The molecule has 2 aliphatic heterocycles. The van der Waals surface area contributed by atoms with E-state index in [2.05, 4.69) is 30.7 Å². The van der Waals surface area contributed by atoms with E-state index in [1.807, 2.05) is 12.3 Å². The van der Waals surface area contributed by atoms with Gasteiger partial charge in [0.25, 0.3) is 0 Å². The van der Waals surface area contributed by atoms with Crippen molar-refractivity contribution in [3.8, 4) is 0 Å². The van der Waals surface area contributed by atoms with Gasteiger partial charge in [0.1, 0.15) is 5.82 Å². The summed E-state index contributed by atoms with van der Waals surface area (Å²) < 4.78 is 38.1. The number of likely N-dealkylation sites (tertiary alicyclic amines) is 1. The van der Waals surface area contributed by atoms with Crippen LogP contribution in [0.4, 0.5) is 19.0 Å². The molecule has 0 aromatic carbocycles. The van der Waals surface area contributed by atoms with Gasteiger partial charge in [-0.3, -0.25) is 14.8 Å². The van der Waals surface area contributed by atoms with Crippen LogP contribution in [0.1, 0.15) is 24.0 Å². The van der Waals surface area contributed by atoms with Crippen molar-refractivity contribution in [2.24, 2.45) is 0 Å². The van der Waals surface area contributed by atoms with Crippen LogP contribution in [0.5, 0.6) is 0 Å². The van der Waals surface area contributed by atoms with E-state index in [0.717, 1.165) is 70.9 Å². The van der Waals surface area contributed by atoms with Crippen LogP contribution in [-0.4, -0.2) is 65.1 Å². The lowest BCUT2D eigenvalue weighted by Crippen LogP contribution is -2.53. The third-order valence-electron chi connectivity index (χ3n) is 5.92. The number of rotatable bonds is 4. The van der Waals surface area contributed by atoms with Gasteiger partial charge in [-0.15, -0.1) is 0 Å². The minimum absolute atomic E-state index is 0.586. The number of pyridine rings is 2. The van der Waals surface area contributed by atoms with Crippen molar-refractivity contribution < 1.29 is 13.2 Å². The number of hydrogen-bond donors (Lipinski definition) is 0. The van der Waals surface area contributed by atoms with Gasteiger partial charge >= 0.3 is 6.18 Å². The van der Waals surface area contributed by atoms with E-state index < -0.39 is 11.7 Å². The summed E-state index contributed by atoms with van der Waals surface area (Å²) in [7, 11) is 0. The van der Waals surface area contributed by atoms with Crippen LogP contribution in [0.2, 0.25) is 0 Å². The van der Waals surface area contributed by atoms with Gasteiger partial charge < -0.3 is 4.90 Å². The normalized spacial score (nSPS) is 20.2. The summed E-state index contributed by atoms with van der Waals surface area (Å²) >= 11 is 0. The van der Waals surface area contributed by atoms with Gasteiger partial charge in [0, 0.05) is 57.4 Å². The number of halogens is 3. The number of hydrogen-bond acceptors (Lipinski definition) is 5. The second-order valence-corrected chi connectivity index (χ2v) is 7.79. The average Bonchev–Trinajstić information content (AvgIpc) is 2.75. The first-order valence-electron chi connectivity index (χ1n) is 10.1. The van der Waals surface area contributed by atoms with E-state index in [0.29, 0.717) is 11.9 Å². The standard InChI is InChI=1S/C21H26F3N5/c22-21(23,24)18-3-4-20(26-15-18)29-12-10-28(11-13-29)19-5-8-27(9-6-19)16-17-2-1-7-25-14-17/h1-4,7,14-15,19H,5-6,8-13,16H2. The molecule has 0 amide bonds. The molecule has 0 saturated carbocycles. The maximum atomic E-state index is 12.7. The number of anilines is 1. The SMILES string of the molecule is FC(F)(F)c1ccc(N2CCN(C3CCN(Cc4cccnc4)CC3)CC2)nc1. The zero-order valence-corrected chi connectivity index (χ0v) is 16.4. The number of piperazine rings is 1. The largest absolute Gasteiger partial charge is 0.417 e. The zero-order valence-electron chi connectivity index (χ0n) is 16.4. The highest BCUT2D eigenvalue weighted by Gasteiger charge is 2.31. The predicted octanol–water partition coefficient (Wildman–Crippen LogP) is 3.28. The fraction of sp³-hybridized carbons (Fsp3) is 0.524. The van der Waals surface area contributed by atoms with E-state index in [9.17, 15) is 13.2 Å². The van der Waals surface area contributed by atoms with Crippen LogP contribution in [0.15, 0.2) is 42.9 Å². The van der Waals surface area contributed by atoms with E-state index in [1.165, 1.54) is 11.6 Å². The van der Waals surface area contributed by atoms with E-state index in [1.54, 1.807) is 6.20 Å². The maximum Gasteiger partial charge on any atom is 0.417 e. The molecule has 2 aromatic heterocycles. The number of alkyl halides is 3. The summed E-state index contributed by atoms with van der Waals surface area (Å²) in [6.07, 6.45) is 2.63. The quantitative estimate of drug-likeness (QED) is 0.780. The average molecular weight is 405 g/mol. The van der Waals surface area contributed by atoms with Gasteiger partial charge in [-0.2, -0.15) is 13.2 Å². The second kappa shape index (κ2) is 8.67. The molecule has 4 heterocycles. The van der Waals surface area contributed by atoms with Crippen LogP contribution in [0.25, 0.3) is 0 Å². The molecule has 0 bridgehead atoms. The molecule has 4 rings (SSSR count). The molecule has 29 heavy (non-hydrogen) atoms. The summed E-state index contributed by atoms with van der Waals surface area (Å²) in [5.74, 6) is 0.629. The van der Waals surface area contributed by atoms with Crippen molar-refractivity contribution in [2.45, 2.75) is 31.6 Å². The highest BCUT2D eigenvalue weighted by molar-refractivity contribution is 5.40. The molecule has 0 spiro atoms. The molecule has 156 valence electrons. The lowest BCUT2D eigenvalue weighted by molar-refractivity contribution is -0.137. The molecular weight excluding hydrogens is 379 g/mol. The van der Waals surface area contributed by atoms with Crippen molar-refractivity contribution in [1.82, 2.24) is 19.8 Å². The van der Waals surface area contributed by atoms with Crippen LogP contribution in [0.3, 0.4) is 0 Å². The first-order valence-corrected chi connectivity index (χ1v) is 10.1. The van der Waals surface area contributed by atoms with Crippen LogP contribution >= 0.6 is 0 Å². The fourth-order valence-corrected chi connectivity index (χ4v) is 4.25. The number of aromatic nitrogens is 2. The molecule has 8 heteroatoms. The van der Waals surface area contributed by atoms with Crippen molar-refractivity contribution in [2.75, 3.05) is 44.2 Å². The van der Waals surface area contributed by atoms with Gasteiger partial charge in [-0.05, 0) is 49.7 Å². The summed E-state index contributed by atoms with van der Waals surface area (Å²) in [5, 5.41) is 0. The molecule has 5 nitrogen and oxygen atoms in total. The Balaban J connectivity index is 1.24. The molecule has 0 radical (unpaired) electrons. The first-order chi connectivity index (χ1) is 14.0. The molecule has 0 atom stereocenters. The Morgan fingerprint density at radius 3 is 2.28 bits per heavy atom. The third kappa shape index (κ3) is 5.05. The molecule has 2 aliphatic rings. The van der Waals surface area contributed by atoms with E-state index >= 15 is 0 Å². The Kier molecular flexibility index (Phi) is 6.01. The summed E-state index contributed by atoms with van der Waals surface area (Å²) in [6, 6.07) is 7.28. The zero-order chi connectivity index (χ0) is 20.3. The minimum atomic E-state index is -4.34. The second-order valence-electron chi connectivity index (χ2n) is 7.79. The van der Waals surface area contributed by atoms with E-state index in [-0.39, 0.29) is 0 Å². The van der Waals surface area contributed by atoms with Crippen molar-refractivity contribution in [3.63, 3.8) is 0 Å². The molecule has 0 aliphatic carbocycles. The Morgan fingerprint density at radius 1 is 0.931 bits per heavy atom. The Bertz CT molecular complexity index is 765. The summed E-state index contributed by atoms with van der Waals surface area (Å²) in [4.78, 5) is 15.3. The van der Waals surface area contributed by atoms with Crippen LogP contribution < -0.4 is 4.90 Å².